The van der Waals surface area contributed by atoms with Gasteiger partial charge in [-0.25, -0.2) is 0 Å². The second kappa shape index (κ2) is 11.4. The average molecular weight is 540 g/mol. The van der Waals surface area contributed by atoms with Gasteiger partial charge in [0.1, 0.15) is 0 Å². The number of carbonyl (C=O) groups is 2. The van der Waals surface area contributed by atoms with Crippen LogP contribution in [0.3, 0.4) is 0 Å². The van der Waals surface area contributed by atoms with Gasteiger partial charge in [-0.15, -0.1) is 0 Å². The van der Waals surface area contributed by atoms with Crippen molar-refractivity contribution in [1.29, 1.82) is 0 Å². The standard InChI is InChI=1S/C29H32Cl2N4O2/c1-19(36)33-28-18-35(12-8-22(28)15-20-4-6-25(30)26(31)16-20)24-9-13-34(14-10-24)29(37)23-5-7-27-21(17-23)3-2-11-32-27/h2-7,11,16-17,22,24,28H,8-10,12-15,18H2,1H3,(H,33,36)/t22?,28-/m1/s1. The third kappa shape index (κ3) is 6.08. The highest BCUT2D eigenvalue weighted by molar-refractivity contribution is 6.42. The van der Waals surface area contributed by atoms with Gasteiger partial charge in [0, 0.05) is 55.8 Å². The molecule has 2 aromatic carbocycles. The molecule has 37 heavy (non-hydrogen) atoms. The largest absolute Gasteiger partial charge is 0.352 e. The highest BCUT2D eigenvalue weighted by Gasteiger charge is 2.35. The minimum absolute atomic E-state index is 0.00279. The van der Waals surface area contributed by atoms with Gasteiger partial charge in [0.2, 0.25) is 5.91 Å². The molecule has 1 aromatic heterocycles. The Hall–Kier alpha value is -2.67. The second-order valence-electron chi connectivity index (χ2n) is 10.2. The molecule has 0 spiro atoms. The van der Waals surface area contributed by atoms with Gasteiger partial charge in [0.25, 0.3) is 5.91 Å². The number of benzene rings is 2. The minimum atomic E-state index is -0.00279. The molecule has 0 saturated carbocycles. The molecule has 1 N–H and O–H groups in total. The number of aromatic nitrogens is 1. The van der Waals surface area contributed by atoms with Crippen molar-refractivity contribution < 1.29 is 9.59 Å². The van der Waals surface area contributed by atoms with Crippen molar-refractivity contribution in [1.82, 2.24) is 20.1 Å². The van der Waals surface area contributed by atoms with Crippen molar-refractivity contribution >= 4 is 45.9 Å². The molecule has 2 amide bonds. The van der Waals surface area contributed by atoms with Crippen molar-refractivity contribution in [3.8, 4) is 0 Å². The maximum absolute atomic E-state index is 13.2. The van der Waals surface area contributed by atoms with E-state index < -0.39 is 0 Å². The predicted molar refractivity (Wildman–Crippen MR) is 148 cm³/mol. The van der Waals surface area contributed by atoms with Gasteiger partial charge in [-0.3, -0.25) is 19.5 Å². The van der Waals surface area contributed by atoms with Crippen molar-refractivity contribution in [2.75, 3.05) is 26.2 Å². The number of nitrogens with zero attached hydrogens (tertiary/aromatic N) is 3. The SMILES string of the molecule is CC(=O)N[C@@H]1CN(C2CCN(C(=O)c3ccc4ncccc4c3)CC2)CCC1Cc1ccc(Cl)c(Cl)c1. The van der Waals surface area contributed by atoms with Gasteiger partial charge >= 0.3 is 0 Å². The van der Waals surface area contributed by atoms with E-state index in [9.17, 15) is 9.59 Å². The molecule has 5 rings (SSSR count). The molecular formula is C29H32Cl2N4O2. The maximum Gasteiger partial charge on any atom is 0.253 e. The molecule has 1 unspecified atom stereocenters. The minimum Gasteiger partial charge on any atom is -0.352 e. The number of nitrogens with one attached hydrogen (secondary N) is 1. The molecule has 8 heteroatoms. The van der Waals surface area contributed by atoms with Crippen LogP contribution < -0.4 is 5.32 Å². The molecule has 0 aliphatic carbocycles. The summed E-state index contributed by atoms with van der Waals surface area (Å²) < 4.78 is 0. The van der Waals surface area contributed by atoms with Crippen molar-refractivity contribution in [3.63, 3.8) is 0 Å². The van der Waals surface area contributed by atoms with Gasteiger partial charge in [-0.05, 0) is 80.1 Å². The molecule has 0 bridgehead atoms. The first-order chi connectivity index (χ1) is 17.9. The van der Waals surface area contributed by atoms with E-state index in [0.717, 1.165) is 68.3 Å². The highest BCUT2D eigenvalue weighted by atomic mass is 35.5. The Kier molecular flexibility index (Phi) is 7.98. The van der Waals surface area contributed by atoms with Gasteiger partial charge in [-0.1, -0.05) is 35.3 Å². The number of amides is 2. The van der Waals surface area contributed by atoms with Crippen LogP contribution in [-0.2, 0) is 11.2 Å². The molecule has 2 aliphatic heterocycles. The van der Waals surface area contributed by atoms with E-state index >= 15 is 0 Å². The summed E-state index contributed by atoms with van der Waals surface area (Å²) in [6.07, 6.45) is 5.48. The summed E-state index contributed by atoms with van der Waals surface area (Å²) in [5.74, 6) is 0.416. The topological polar surface area (TPSA) is 65.5 Å². The number of pyridine rings is 1. The third-order valence-corrected chi connectivity index (χ3v) is 8.51. The fourth-order valence-electron chi connectivity index (χ4n) is 5.82. The van der Waals surface area contributed by atoms with Crippen molar-refractivity contribution in [3.05, 3.63) is 75.9 Å². The van der Waals surface area contributed by atoms with Crippen LogP contribution in [-0.4, -0.2) is 64.9 Å². The molecule has 0 radical (unpaired) electrons. The van der Waals surface area contributed by atoms with E-state index in [1.54, 1.807) is 13.1 Å². The summed E-state index contributed by atoms with van der Waals surface area (Å²) in [6, 6.07) is 15.9. The van der Waals surface area contributed by atoms with Crippen LogP contribution >= 0.6 is 23.2 Å². The lowest BCUT2D eigenvalue weighted by atomic mass is 9.84. The van der Waals surface area contributed by atoms with Crippen LogP contribution in [0.1, 0.15) is 42.1 Å². The normalized spacial score (nSPS) is 21.2. The lowest BCUT2D eigenvalue weighted by Gasteiger charge is -2.45. The van der Waals surface area contributed by atoms with Gasteiger partial charge in [0.05, 0.1) is 15.6 Å². The fourth-order valence-corrected chi connectivity index (χ4v) is 6.14. The number of carbonyl (C=O) groups excluding carboxylic acids is 2. The number of piperidine rings is 2. The molecule has 6 nitrogen and oxygen atoms in total. The second-order valence-corrected chi connectivity index (χ2v) is 11.1. The van der Waals surface area contributed by atoms with Crippen molar-refractivity contribution in [2.24, 2.45) is 5.92 Å². The first-order valence-electron chi connectivity index (χ1n) is 13.0. The van der Waals surface area contributed by atoms with Crippen LogP contribution in [0.2, 0.25) is 10.0 Å². The smallest absolute Gasteiger partial charge is 0.253 e. The van der Waals surface area contributed by atoms with Gasteiger partial charge in [-0.2, -0.15) is 0 Å². The molecule has 2 aliphatic rings. The van der Waals surface area contributed by atoms with Crippen LogP contribution in [0.5, 0.6) is 0 Å². The van der Waals surface area contributed by atoms with E-state index in [4.69, 9.17) is 23.2 Å². The zero-order valence-electron chi connectivity index (χ0n) is 21.0. The lowest BCUT2D eigenvalue weighted by Crippen LogP contribution is -2.57. The summed E-state index contributed by atoms with van der Waals surface area (Å²) in [5, 5.41) is 5.30. The van der Waals surface area contributed by atoms with Crippen molar-refractivity contribution in [2.45, 2.75) is 44.7 Å². The first-order valence-corrected chi connectivity index (χ1v) is 13.7. The molecule has 3 aromatic rings. The Balaban J connectivity index is 1.19. The van der Waals surface area contributed by atoms with Crippen LogP contribution in [0, 0.1) is 5.92 Å². The number of halogens is 2. The number of hydrogen-bond acceptors (Lipinski definition) is 4. The summed E-state index contributed by atoms with van der Waals surface area (Å²) in [4.78, 5) is 34.0. The highest BCUT2D eigenvalue weighted by Crippen LogP contribution is 2.30. The van der Waals surface area contributed by atoms with Crippen LogP contribution in [0.4, 0.5) is 0 Å². The van der Waals surface area contributed by atoms with Gasteiger partial charge in [0.15, 0.2) is 0 Å². The Morgan fingerprint density at radius 2 is 1.81 bits per heavy atom. The molecular weight excluding hydrogens is 507 g/mol. The summed E-state index contributed by atoms with van der Waals surface area (Å²) in [7, 11) is 0. The molecule has 3 heterocycles. The van der Waals surface area contributed by atoms with E-state index in [-0.39, 0.29) is 17.9 Å². The lowest BCUT2D eigenvalue weighted by molar-refractivity contribution is -0.120. The number of likely N-dealkylation sites (tertiary alicyclic amines) is 2. The molecule has 2 atom stereocenters. The number of hydrogen-bond donors (Lipinski definition) is 1. The Morgan fingerprint density at radius 3 is 2.57 bits per heavy atom. The summed E-state index contributed by atoms with van der Waals surface area (Å²) >= 11 is 12.3. The molecule has 2 fully saturated rings. The monoisotopic (exact) mass is 538 g/mol. The zero-order valence-corrected chi connectivity index (χ0v) is 22.5. The Bertz CT molecular complexity index is 1290. The summed E-state index contributed by atoms with van der Waals surface area (Å²) in [6.45, 7) is 4.87. The fraction of sp³-hybridized carbons (Fsp3) is 0.414. The predicted octanol–water partition coefficient (Wildman–Crippen LogP) is 5.22. The van der Waals surface area contributed by atoms with Crippen LogP contribution in [0.25, 0.3) is 10.9 Å². The molecule has 194 valence electrons. The number of rotatable bonds is 5. The van der Waals surface area contributed by atoms with E-state index in [0.29, 0.717) is 27.6 Å². The first kappa shape index (κ1) is 26.0. The Morgan fingerprint density at radius 1 is 1.00 bits per heavy atom. The van der Waals surface area contributed by atoms with Crippen LogP contribution in [0.15, 0.2) is 54.7 Å². The summed E-state index contributed by atoms with van der Waals surface area (Å²) in [5.41, 5.74) is 2.75. The number of fused-ring (bicyclic) bond motifs is 1. The van der Waals surface area contributed by atoms with Gasteiger partial charge < -0.3 is 10.2 Å². The van der Waals surface area contributed by atoms with E-state index in [1.165, 1.54) is 0 Å². The molecule has 2 saturated heterocycles. The Labute approximate surface area is 227 Å². The van der Waals surface area contributed by atoms with E-state index in [1.807, 2.05) is 53.4 Å². The third-order valence-electron chi connectivity index (χ3n) is 7.78. The maximum atomic E-state index is 13.2. The van der Waals surface area contributed by atoms with E-state index in [2.05, 4.69) is 15.2 Å². The quantitative estimate of drug-likeness (QED) is 0.483. The average Bonchev–Trinajstić information content (AvgIpc) is 2.91. The zero-order chi connectivity index (χ0) is 25.9.